The summed E-state index contributed by atoms with van der Waals surface area (Å²) >= 11 is 2.88. The molecule has 0 aliphatic carbocycles. The Labute approximate surface area is 101 Å². The van der Waals surface area contributed by atoms with Gasteiger partial charge in [0, 0.05) is 11.8 Å². The third-order valence-electron chi connectivity index (χ3n) is 1.80. The molecule has 0 atom stereocenters. The maximum atomic E-state index is 13.1. The van der Waals surface area contributed by atoms with Crippen molar-refractivity contribution >= 4 is 27.5 Å². The zero-order valence-electron chi connectivity index (χ0n) is 8.09. The first-order chi connectivity index (χ1) is 7.90. The molecule has 0 bridgehead atoms. The molecular formula is C9H5BrF5NO. The summed E-state index contributed by atoms with van der Waals surface area (Å²) in [5.41, 5.74) is -1.34. The fraction of sp³-hybridized carbons (Fsp3) is 0.222. The largest absolute Gasteiger partial charge is 0.321 e. The Morgan fingerprint density at radius 1 is 0.941 bits per heavy atom. The van der Waals surface area contributed by atoms with E-state index in [-0.39, 0.29) is 11.8 Å². The average Bonchev–Trinajstić information content (AvgIpc) is 2.30. The van der Waals surface area contributed by atoms with Crippen LogP contribution in [0.2, 0.25) is 0 Å². The van der Waals surface area contributed by atoms with Gasteiger partial charge in [0.2, 0.25) is 11.7 Å². The van der Waals surface area contributed by atoms with Gasteiger partial charge < -0.3 is 5.32 Å². The van der Waals surface area contributed by atoms with Crippen molar-refractivity contribution in [3.05, 3.63) is 29.1 Å². The molecule has 8 heteroatoms. The van der Waals surface area contributed by atoms with Gasteiger partial charge in [-0.1, -0.05) is 15.9 Å². The van der Waals surface area contributed by atoms with E-state index in [0.717, 1.165) is 0 Å². The Morgan fingerprint density at radius 3 is 1.76 bits per heavy atom. The number of carbonyl (C=O) groups excluding carboxylic acids is 1. The molecule has 0 fully saturated rings. The number of rotatable bonds is 3. The third kappa shape index (κ3) is 2.74. The molecule has 0 aliphatic rings. The van der Waals surface area contributed by atoms with Gasteiger partial charge in [-0.3, -0.25) is 4.79 Å². The van der Waals surface area contributed by atoms with E-state index in [0.29, 0.717) is 0 Å². The Balaban J connectivity index is 3.20. The van der Waals surface area contributed by atoms with E-state index < -0.39 is 40.7 Å². The standard InChI is InChI=1S/C9H5BrF5NO/c10-2-1-3(17)16-9-7(14)5(12)4(11)6(13)8(9)15/h1-2H2,(H,16,17). The lowest BCUT2D eigenvalue weighted by molar-refractivity contribution is -0.115. The Morgan fingerprint density at radius 2 is 1.35 bits per heavy atom. The minimum absolute atomic E-state index is 0.167. The number of amides is 1. The molecule has 0 radical (unpaired) electrons. The number of nitrogens with one attached hydrogen (secondary N) is 1. The lowest BCUT2D eigenvalue weighted by Crippen LogP contribution is -2.16. The topological polar surface area (TPSA) is 29.1 Å². The zero-order chi connectivity index (χ0) is 13.2. The Bertz CT molecular complexity index is 436. The van der Waals surface area contributed by atoms with Gasteiger partial charge in [-0.15, -0.1) is 0 Å². The van der Waals surface area contributed by atoms with Crippen LogP contribution in [0.25, 0.3) is 0 Å². The lowest BCUT2D eigenvalue weighted by atomic mass is 10.2. The molecule has 94 valence electrons. The summed E-state index contributed by atoms with van der Waals surface area (Å²) in [6.07, 6.45) is -0.167. The van der Waals surface area contributed by atoms with Crippen molar-refractivity contribution in [2.24, 2.45) is 0 Å². The molecule has 0 unspecified atom stereocenters. The number of alkyl halides is 1. The van der Waals surface area contributed by atoms with Crippen molar-refractivity contribution in [2.75, 3.05) is 10.6 Å². The SMILES string of the molecule is O=C(CCBr)Nc1c(F)c(F)c(F)c(F)c1F. The van der Waals surface area contributed by atoms with E-state index >= 15 is 0 Å². The van der Waals surface area contributed by atoms with Crippen LogP contribution >= 0.6 is 15.9 Å². The summed E-state index contributed by atoms with van der Waals surface area (Å²) in [6.45, 7) is 0. The van der Waals surface area contributed by atoms with Crippen LogP contribution in [0.3, 0.4) is 0 Å². The highest BCUT2D eigenvalue weighted by molar-refractivity contribution is 9.09. The van der Waals surface area contributed by atoms with Gasteiger partial charge in [0.25, 0.3) is 0 Å². The van der Waals surface area contributed by atoms with Crippen molar-refractivity contribution in [3.63, 3.8) is 0 Å². The smallest absolute Gasteiger partial charge is 0.225 e. The van der Waals surface area contributed by atoms with Gasteiger partial charge in [-0.2, -0.15) is 0 Å². The van der Waals surface area contributed by atoms with Crippen LogP contribution in [0.1, 0.15) is 6.42 Å². The molecule has 0 aromatic heterocycles. The Kier molecular flexibility index (Phi) is 4.44. The normalized spacial score (nSPS) is 10.5. The van der Waals surface area contributed by atoms with Crippen LogP contribution < -0.4 is 5.32 Å². The number of halogens is 6. The number of benzene rings is 1. The zero-order valence-corrected chi connectivity index (χ0v) is 9.68. The van der Waals surface area contributed by atoms with Crippen molar-refractivity contribution in [2.45, 2.75) is 6.42 Å². The summed E-state index contributed by atoms with van der Waals surface area (Å²) in [6, 6.07) is 0. The van der Waals surface area contributed by atoms with E-state index in [1.807, 2.05) is 0 Å². The predicted octanol–water partition coefficient (Wildman–Crippen LogP) is 3.11. The summed E-state index contributed by atoms with van der Waals surface area (Å²) in [4.78, 5) is 11.0. The molecule has 0 aliphatic heterocycles. The van der Waals surface area contributed by atoms with E-state index in [2.05, 4.69) is 15.9 Å². The number of hydrogen-bond acceptors (Lipinski definition) is 1. The molecule has 1 aromatic rings. The first kappa shape index (κ1) is 13.9. The number of anilines is 1. The van der Waals surface area contributed by atoms with Crippen LogP contribution in [-0.2, 0) is 4.79 Å². The van der Waals surface area contributed by atoms with Crippen LogP contribution in [-0.4, -0.2) is 11.2 Å². The van der Waals surface area contributed by atoms with Crippen molar-refractivity contribution in [1.82, 2.24) is 0 Å². The first-order valence-corrected chi connectivity index (χ1v) is 5.39. The van der Waals surface area contributed by atoms with E-state index in [1.54, 1.807) is 5.32 Å². The first-order valence-electron chi connectivity index (χ1n) is 4.27. The molecule has 0 saturated heterocycles. The highest BCUT2D eigenvalue weighted by atomic mass is 79.9. The molecule has 2 nitrogen and oxygen atoms in total. The molecule has 0 heterocycles. The molecule has 1 N–H and O–H groups in total. The highest BCUT2D eigenvalue weighted by Gasteiger charge is 2.26. The third-order valence-corrected chi connectivity index (χ3v) is 2.19. The quantitative estimate of drug-likeness (QED) is 0.395. The van der Waals surface area contributed by atoms with Gasteiger partial charge in [0.1, 0.15) is 5.69 Å². The number of carbonyl (C=O) groups is 1. The van der Waals surface area contributed by atoms with Crippen molar-refractivity contribution in [3.8, 4) is 0 Å². The molecule has 1 amide bonds. The minimum atomic E-state index is -2.27. The second-order valence-electron chi connectivity index (χ2n) is 2.93. The van der Waals surface area contributed by atoms with E-state index in [1.165, 1.54) is 0 Å². The molecule has 0 spiro atoms. The fourth-order valence-corrected chi connectivity index (χ4v) is 1.36. The van der Waals surface area contributed by atoms with Gasteiger partial charge in [0.05, 0.1) is 0 Å². The summed E-state index contributed by atoms with van der Waals surface area (Å²) in [5, 5.41) is 1.81. The van der Waals surface area contributed by atoms with Gasteiger partial charge >= 0.3 is 0 Å². The second kappa shape index (κ2) is 5.44. The van der Waals surface area contributed by atoms with Crippen LogP contribution in [0, 0.1) is 29.1 Å². The van der Waals surface area contributed by atoms with Crippen LogP contribution in [0.4, 0.5) is 27.6 Å². The average molecular weight is 318 g/mol. The Hall–Kier alpha value is -1.18. The summed E-state index contributed by atoms with van der Waals surface area (Å²) in [5.74, 6) is -11.5. The molecule has 0 saturated carbocycles. The highest BCUT2D eigenvalue weighted by Crippen LogP contribution is 2.27. The summed E-state index contributed by atoms with van der Waals surface area (Å²) in [7, 11) is 0. The molecule has 1 rings (SSSR count). The van der Waals surface area contributed by atoms with Crippen molar-refractivity contribution in [1.29, 1.82) is 0 Å². The minimum Gasteiger partial charge on any atom is -0.321 e. The fourth-order valence-electron chi connectivity index (χ4n) is 1.00. The van der Waals surface area contributed by atoms with Crippen LogP contribution in [0.5, 0.6) is 0 Å². The van der Waals surface area contributed by atoms with Gasteiger partial charge in [-0.25, -0.2) is 22.0 Å². The van der Waals surface area contributed by atoms with Crippen LogP contribution in [0.15, 0.2) is 0 Å². The monoisotopic (exact) mass is 317 g/mol. The van der Waals surface area contributed by atoms with Gasteiger partial charge in [-0.05, 0) is 0 Å². The maximum absolute atomic E-state index is 13.1. The maximum Gasteiger partial charge on any atom is 0.225 e. The summed E-state index contributed by atoms with van der Waals surface area (Å²) < 4.78 is 64.2. The molecule has 1 aromatic carbocycles. The van der Waals surface area contributed by atoms with Crippen molar-refractivity contribution < 1.29 is 26.7 Å². The van der Waals surface area contributed by atoms with E-state index in [4.69, 9.17) is 0 Å². The second-order valence-corrected chi connectivity index (χ2v) is 3.73. The van der Waals surface area contributed by atoms with Gasteiger partial charge in [0.15, 0.2) is 23.3 Å². The predicted molar refractivity (Wildman–Crippen MR) is 53.3 cm³/mol. The molecular weight excluding hydrogens is 313 g/mol. The molecule has 17 heavy (non-hydrogen) atoms. The lowest BCUT2D eigenvalue weighted by Gasteiger charge is -2.09. The van der Waals surface area contributed by atoms with E-state index in [9.17, 15) is 26.7 Å². The number of hydrogen-bond donors (Lipinski definition) is 1.